The Kier molecular flexibility index (Phi) is 3.41. The zero-order chi connectivity index (χ0) is 14.2. The van der Waals surface area contributed by atoms with Crippen LogP contribution in [0.15, 0.2) is 28.9 Å². The number of furan rings is 1. The molecule has 21 heavy (non-hydrogen) atoms. The zero-order valence-electron chi connectivity index (χ0n) is 11.7. The highest BCUT2D eigenvalue weighted by molar-refractivity contribution is 7.17. The van der Waals surface area contributed by atoms with Crippen LogP contribution in [0.2, 0.25) is 0 Å². The molecule has 0 aliphatic carbocycles. The van der Waals surface area contributed by atoms with Crippen LogP contribution in [0, 0.1) is 5.92 Å². The third kappa shape index (κ3) is 2.35. The Morgan fingerprint density at radius 1 is 1.38 bits per heavy atom. The van der Waals surface area contributed by atoms with Crippen molar-refractivity contribution in [1.29, 1.82) is 0 Å². The summed E-state index contributed by atoms with van der Waals surface area (Å²) in [5.41, 5.74) is 4.82. The van der Waals surface area contributed by atoms with Gasteiger partial charge in [0.1, 0.15) is 5.76 Å². The molecule has 3 fully saturated rings. The second-order valence-corrected chi connectivity index (χ2v) is 6.91. The molecule has 2 aromatic heterocycles. The number of aldehydes is 1. The minimum absolute atomic E-state index is 0.461. The van der Waals surface area contributed by atoms with E-state index in [0.717, 1.165) is 41.4 Å². The lowest BCUT2D eigenvalue weighted by atomic mass is 9.81. The van der Waals surface area contributed by atoms with Crippen LogP contribution >= 0.6 is 11.3 Å². The lowest BCUT2D eigenvalue weighted by Crippen LogP contribution is -2.39. The van der Waals surface area contributed by atoms with Crippen LogP contribution in [0.1, 0.15) is 34.0 Å². The highest BCUT2D eigenvalue weighted by atomic mass is 32.1. The van der Waals surface area contributed by atoms with Crippen molar-refractivity contribution in [3.63, 3.8) is 0 Å². The molecule has 5 heteroatoms. The number of nitrogens with zero attached hydrogens (tertiary/aromatic N) is 1. The summed E-state index contributed by atoms with van der Waals surface area (Å²) in [6.07, 6.45) is 5.09. The minimum Gasteiger partial charge on any atom is -0.464 e. The number of nitrogens with one attached hydrogen (secondary N) is 1. The van der Waals surface area contributed by atoms with Gasteiger partial charge < -0.3 is 4.42 Å². The smallest absolute Gasteiger partial charge is 0.160 e. The Hall–Kier alpha value is -1.43. The second kappa shape index (κ2) is 5.40. The summed E-state index contributed by atoms with van der Waals surface area (Å²) in [6.45, 7) is 3.21. The summed E-state index contributed by atoms with van der Waals surface area (Å²) < 4.78 is 5.58. The fourth-order valence-corrected chi connectivity index (χ4v) is 4.59. The van der Waals surface area contributed by atoms with Crippen molar-refractivity contribution in [2.24, 2.45) is 5.92 Å². The lowest BCUT2D eigenvalue weighted by Gasteiger charge is -2.28. The fraction of sp³-hybridized carbons (Fsp3) is 0.438. The van der Waals surface area contributed by atoms with Gasteiger partial charge in [0.05, 0.1) is 16.0 Å². The molecule has 2 bridgehead atoms. The van der Waals surface area contributed by atoms with Gasteiger partial charge in [0, 0.05) is 25.6 Å². The van der Waals surface area contributed by atoms with Gasteiger partial charge >= 0.3 is 0 Å². The number of carbonyl (C=O) groups is 1. The molecule has 0 radical (unpaired) electrons. The summed E-state index contributed by atoms with van der Waals surface area (Å²) in [5.74, 6) is 2.03. The maximum atomic E-state index is 11.2. The van der Waals surface area contributed by atoms with Gasteiger partial charge in [-0.1, -0.05) is 0 Å². The van der Waals surface area contributed by atoms with Crippen molar-refractivity contribution in [2.45, 2.75) is 18.8 Å². The first-order chi connectivity index (χ1) is 10.3. The SMILES string of the molecule is O=Cc1cc(C2CNN3CCC2CC3)c(-c2ccco2)s1. The Morgan fingerprint density at radius 3 is 2.95 bits per heavy atom. The Labute approximate surface area is 127 Å². The van der Waals surface area contributed by atoms with E-state index in [4.69, 9.17) is 4.42 Å². The van der Waals surface area contributed by atoms with E-state index in [2.05, 4.69) is 16.5 Å². The van der Waals surface area contributed by atoms with Gasteiger partial charge in [0.2, 0.25) is 0 Å². The van der Waals surface area contributed by atoms with Crippen LogP contribution in [0.5, 0.6) is 0 Å². The predicted molar refractivity (Wildman–Crippen MR) is 82.4 cm³/mol. The van der Waals surface area contributed by atoms with E-state index in [-0.39, 0.29) is 0 Å². The van der Waals surface area contributed by atoms with Gasteiger partial charge in [-0.3, -0.25) is 10.2 Å². The fourth-order valence-electron chi connectivity index (χ4n) is 3.58. The number of carbonyl (C=O) groups excluding carboxylic acids is 1. The monoisotopic (exact) mass is 302 g/mol. The molecule has 3 saturated heterocycles. The van der Waals surface area contributed by atoms with Gasteiger partial charge in [-0.2, -0.15) is 0 Å². The number of hydrogen-bond donors (Lipinski definition) is 1. The van der Waals surface area contributed by atoms with E-state index >= 15 is 0 Å². The molecular formula is C16H18N2O2S. The molecule has 3 aliphatic heterocycles. The predicted octanol–water partition coefficient (Wildman–Crippen LogP) is 3.13. The molecule has 5 heterocycles. The molecule has 2 aromatic rings. The number of rotatable bonds is 3. The van der Waals surface area contributed by atoms with Crippen molar-refractivity contribution in [3.05, 3.63) is 34.9 Å². The summed E-state index contributed by atoms with van der Waals surface area (Å²) in [5, 5.41) is 2.33. The molecule has 0 amide bonds. The van der Waals surface area contributed by atoms with Crippen LogP contribution in [-0.2, 0) is 0 Å². The van der Waals surface area contributed by atoms with Gasteiger partial charge in [-0.25, -0.2) is 5.01 Å². The Balaban J connectivity index is 1.76. The summed E-state index contributed by atoms with van der Waals surface area (Å²) in [6, 6.07) is 5.95. The maximum Gasteiger partial charge on any atom is 0.160 e. The second-order valence-electron chi connectivity index (χ2n) is 5.82. The van der Waals surface area contributed by atoms with Crippen molar-refractivity contribution >= 4 is 17.6 Å². The molecule has 5 rings (SSSR count). The van der Waals surface area contributed by atoms with E-state index < -0.39 is 0 Å². The topological polar surface area (TPSA) is 45.5 Å². The van der Waals surface area contributed by atoms with Crippen molar-refractivity contribution in [1.82, 2.24) is 10.4 Å². The third-order valence-electron chi connectivity index (χ3n) is 4.68. The molecule has 3 aliphatic rings. The van der Waals surface area contributed by atoms with Gasteiger partial charge in [0.25, 0.3) is 0 Å². The third-order valence-corrected chi connectivity index (χ3v) is 5.77. The van der Waals surface area contributed by atoms with Crippen LogP contribution in [-0.4, -0.2) is 30.9 Å². The normalized spacial score (nSPS) is 28.5. The van der Waals surface area contributed by atoms with Crippen molar-refractivity contribution in [2.75, 3.05) is 19.6 Å². The first-order valence-electron chi connectivity index (χ1n) is 7.46. The first kappa shape index (κ1) is 13.2. The number of piperidine rings is 1. The Morgan fingerprint density at radius 2 is 2.24 bits per heavy atom. The number of hydrogen-bond acceptors (Lipinski definition) is 5. The molecule has 4 nitrogen and oxygen atoms in total. The van der Waals surface area contributed by atoms with Gasteiger partial charge in [-0.05, 0) is 42.5 Å². The largest absolute Gasteiger partial charge is 0.464 e. The van der Waals surface area contributed by atoms with E-state index in [9.17, 15) is 4.79 Å². The molecular weight excluding hydrogens is 284 g/mol. The number of hydrazine groups is 1. The first-order valence-corrected chi connectivity index (χ1v) is 8.28. The lowest BCUT2D eigenvalue weighted by molar-refractivity contribution is 0.112. The van der Waals surface area contributed by atoms with Crippen LogP contribution < -0.4 is 5.43 Å². The molecule has 0 aromatic carbocycles. The molecule has 0 spiro atoms. The van der Waals surface area contributed by atoms with E-state index in [1.54, 1.807) is 17.6 Å². The summed E-state index contributed by atoms with van der Waals surface area (Å²) >= 11 is 1.54. The van der Waals surface area contributed by atoms with Crippen molar-refractivity contribution < 1.29 is 9.21 Å². The average molecular weight is 302 g/mol. The van der Waals surface area contributed by atoms with Crippen LogP contribution in [0.3, 0.4) is 0 Å². The van der Waals surface area contributed by atoms with Crippen LogP contribution in [0.25, 0.3) is 10.6 Å². The minimum atomic E-state index is 0.461. The maximum absolute atomic E-state index is 11.2. The highest BCUT2D eigenvalue weighted by Crippen LogP contribution is 2.43. The summed E-state index contributed by atoms with van der Waals surface area (Å²) in [7, 11) is 0. The standard InChI is InChI=1S/C16H18N2O2S/c19-10-12-8-13(16(21-12)15-2-1-7-20-15)14-9-17-18-5-3-11(14)4-6-18/h1-2,7-8,10-11,14,17H,3-6,9H2. The molecule has 1 unspecified atom stereocenters. The van der Waals surface area contributed by atoms with Crippen LogP contribution in [0.4, 0.5) is 0 Å². The zero-order valence-corrected chi connectivity index (χ0v) is 12.6. The molecule has 1 atom stereocenters. The van der Waals surface area contributed by atoms with Gasteiger partial charge in [-0.15, -0.1) is 11.3 Å². The average Bonchev–Trinajstić information content (AvgIpc) is 3.10. The summed E-state index contributed by atoms with van der Waals surface area (Å²) in [4.78, 5) is 13.1. The number of fused-ring (bicyclic) bond motifs is 4. The number of thiophene rings is 1. The Bertz CT molecular complexity index is 627. The quantitative estimate of drug-likeness (QED) is 0.885. The molecule has 0 saturated carbocycles. The van der Waals surface area contributed by atoms with E-state index in [1.807, 2.05) is 12.1 Å². The van der Waals surface area contributed by atoms with Gasteiger partial charge in [0.15, 0.2) is 6.29 Å². The molecule has 1 N–H and O–H groups in total. The van der Waals surface area contributed by atoms with Crippen molar-refractivity contribution in [3.8, 4) is 10.6 Å². The molecule has 110 valence electrons. The highest BCUT2D eigenvalue weighted by Gasteiger charge is 2.34. The van der Waals surface area contributed by atoms with E-state index in [0.29, 0.717) is 11.8 Å². The van der Waals surface area contributed by atoms with E-state index in [1.165, 1.54) is 18.4 Å².